The number of benzene rings is 1. The molecule has 0 atom stereocenters. The Morgan fingerprint density at radius 1 is 1.24 bits per heavy atom. The van der Waals surface area contributed by atoms with Gasteiger partial charge in [0.15, 0.2) is 0 Å². The predicted octanol–water partition coefficient (Wildman–Crippen LogP) is 3.31. The summed E-state index contributed by atoms with van der Waals surface area (Å²) >= 11 is 7.97. The molecule has 0 spiro atoms. The zero-order valence-electron chi connectivity index (χ0n) is 10.5. The first-order chi connectivity index (χ1) is 9.74. The highest BCUT2D eigenvalue weighted by molar-refractivity contribution is 9.13. The first kappa shape index (κ1) is 16.6. The third-order valence-electron chi connectivity index (χ3n) is 2.45. The average molecular weight is 454 g/mol. The van der Waals surface area contributed by atoms with Crippen molar-refractivity contribution in [2.24, 2.45) is 5.14 Å². The number of primary sulfonamides is 1. The Morgan fingerprint density at radius 2 is 1.86 bits per heavy atom. The number of thiophene rings is 1. The number of carbonyl (C=O) groups is 1. The zero-order valence-corrected chi connectivity index (χ0v) is 15.3. The molecule has 112 valence electrons. The van der Waals surface area contributed by atoms with Crippen molar-refractivity contribution < 1.29 is 13.2 Å². The molecule has 0 radical (unpaired) electrons. The summed E-state index contributed by atoms with van der Waals surface area (Å²) in [5.74, 6) is -0.461. The van der Waals surface area contributed by atoms with Gasteiger partial charge in [0, 0.05) is 10.2 Å². The van der Waals surface area contributed by atoms with Gasteiger partial charge in [0.05, 0.1) is 14.4 Å². The van der Waals surface area contributed by atoms with Gasteiger partial charge in [0.1, 0.15) is 0 Å². The topological polar surface area (TPSA) is 89.3 Å². The Balaban J connectivity index is 2.08. The maximum Gasteiger partial charge on any atom is 0.265 e. The third-order valence-corrected chi connectivity index (χ3v) is 6.44. The standard InChI is InChI=1S/C12H10Br2N2O3S2/c13-9-5-10(20-11(9)14)12(17)16-8-3-1-7(2-4-8)6-21(15,18)19/h1-5H,6H2,(H,16,17)(H2,15,18,19). The van der Waals surface area contributed by atoms with Crippen molar-refractivity contribution in [3.05, 3.63) is 49.0 Å². The molecule has 0 saturated carbocycles. The molecule has 1 amide bonds. The van der Waals surface area contributed by atoms with E-state index in [-0.39, 0.29) is 11.7 Å². The van der Waals surface area contributed by atoms with E-state index >= 15 is 0 Å². The van der Waals surface area contributed by atoms with E-state index in [1.165, 1.54) is 11.3 Å². The average Bonchev–Trinajstić information content (AvgIpc) is 2.70. The normalized spacial score (nSPS) is 11.4. The highest BCUT2D eigenvalue weighted by atomic mass is 79.9. The van der Waals surface area contributed by atoms with Gasteiger partial charge >= 0.3 is 0 Å². The Kier molecular flexibility index (Phi) is 5.20. The summed E-state index contributed by atoms with van der Waals surface area (Å²) in [4.78, 5) is 12.6. The molecule has 5 nitrogen and oxygen atoms in total. The molecule has 0 fully saturated rings. The Labute approximate surface area is 142 Å². The van der Waals surface area contributed by atoms with Gasteiger partial charge in [-0.25, -0.2) is 13.6 Å². The summed E-state index contributed by atoms with van der Waals surface area (Å²) in [7, 11) is -3.55. The van der Waals surface area contributed by atoms with Crippen LogP contribution < -0.4 is 10.5 Å². The maximum absolute atomic E-state index is 12.0. The number of rotatable bonds is 4. The van der Waals surface area contributed by atoms with Crippen LogP contribution in [0.4, 0.5) is 5.69 Å². The number of nitrogens with two attached hydrogens (primary N) is 1. The highest BCUT2D eigenvalue weighted by Crippen LogP contribution is 2.32. The molecule has 3 N–H and O–H groups in total. The van der Waals surface area contributed by atoms with Crippen molar-refractivity contribution in [3.8, 4) is 0 Å². The SMILES string of the molecule is NS(=O)(=O)Cc1ccc(NC(=O)c2cc(Br)c(Br)s2)cc1. The molecule has 1 aromatic heterocycles. The summed E-state index contributed by atoms with van der Waals surface area (Å²) in [6.45, 7) is 0. The number of carbonyl (C=O) groups excluding carboxylic acids is 1. The van der Waals surface area contributed by atoms with Crippen LogP contribution in [0.2, 0.25) is 0 Å². The van der Waals surface area contributed by atoms with E-state index in [2.05, 4.69) is 37.2 Å². The van der Waals surface area contributed by atoms with Crippen LogP contribution in [0.5, 0.6) is 0 Å². The van der Waals surface area contributed by atoms with Gasteiger partial charge in [-0.15, -0.1) is 11.3 Å². The minimum Gasteiger partial charge on any atom is -0.321 e. The van der Waals surface area contributed by atoms with E-state index in [9.17, 15) is 13.2 Å². The first-order valence-corrected chi connectivity index (χ1v) is 9.72. The van der Waals surface area contributed by atoms with Crippen LogP contribution in [0.15, 0.2) is 38.6 Å². The smallest absolute Gasteiger partial charge is 0.265 e. The summed E-state index contributed by atoms with van der Waals surface area (Å²) in [5, 5.41) is 7.71. The van der Waals surface area contributed by atoms with Gasteiger partial charge in [-0.1, -0.05) is 12.1 Å². The molecule has 1 aromatic carbocycles. The lowest BCUT2D eigenvalue weighted by atomic mass is 10.2. The van der Waals surface area contributed by atoms with Crippen LogP contribution >= 0.6 is 43.2 Å². The lowest BCUT2D eigenvalue weighted by Gasteiger charge is -2.05. The minimum atomic E-state index is -3.55. The molecular formula is C12H10Br2N2O3S2. The number of hydrogen-bond donors (Lipinski definition) is 2. The predicted molar refractivity (Wildman–Crippen MR) is 90.9 cm³/mol. The summed E-state index contributed by atoms with van der Waals surface area (Å²) in [6, 6.07) is 8.21. The number of nitrogens with one attached hydrogen (secondary N) is 1. The second kappa shape index (κ2) is 6.57. The second-order valence-electron chi connectivity index (χ2n) is 4.19. The Hall–Kier alpha value is -0.740. The van der Waals surface area contributed by atoms with Crippen LogP contribution in [0, 0.1) is 0 Å². The molecule has 0 aliphatic carbocycles. The van der Waals surface area contributed by atoms with Gasteiger partial charge in [0.2, 0.25) is 10.0 Å². The van der Waals surface area contributed by atoms with Crippen LogP contribution in [-0.2, 0) is 15.8 Å². The van der Waals surface area contributed by atoms with E-state index in [4.69, 9.17) is 5.14 Å². The Bertz CT molecular complexity index is 751. The molecule has 0 unspecified atom stereocenters. The van der Waals surface area contributed by atoms with Crippen molar-refractivity contribution in [2.75, 3.05) is 5.32 Å². The highest BCUT2D eigenvalue weighted by Gasteiger charge is 2.12. The van der Waals surface area contributed by atoms with Crippen molar-refractivity contribution in [1.29, 1.82) is 0 Å². The van der Waals surface area contributed by atoms with Crippen LogP contribution in [0.3, 0.4) is 0 Å². The molecule has 0 saturated heterocycles. The van der Waals surface area contributed by atoms with Gasteiger partial charge in [-0.2, -0.15) is 0 Å². The van der Waals surface area contributed by atoms with E-state index in [0.29, 0.717) is 16.1 Å². The largest absolute Gasteiger partial charge is 0.321 e. The maximum atomic E-state index is 12.0. The monoisotopic (exact) mass is 452 g/mol. The Morgan fingerprint density at radius 3 is 2.33 bits per heavy atom. The lowest BCUT2D eigenvalue weighted by molar-refractivity contribution is 0.103. The minimum absolute atomic E-state index is 0.230. The van der Waals surface area contributed by atoms with Crippen molar-refractivity contribution >= 4 is 64.8 Å². The molecular weight excluding hydrogens is 444 g/mol. The molecule has 0 aliphatic rings. The van der Waals surface area contributed by atoms with E-state index in [1.807, 2.05) is 0 Å². The van der Waals surface area contributed by atoms with Crippen molar-refractivity contribution in [1.82, 2.24) is 0 Å². The molecule has 2 rings (SSSR count). The molecule has 1 heterocycles. The number of sulfonamides is 1. The summed E-state index contributed by atoms with van der Waals surface area (Å²) in [6.07, 6.45) is 0. The number of anilines is 1. The summed E-state index contributed by atoms with van der Waals surface area (Å²) < 4.78 is 23.6. The van der Waals surface area contributed by atoms with Crippen LogP contribution in [0.1, 0.15) is 15.2 Å². The third kappa shape index (κ3) is 4.89. The fourth-order valence-electron chi connectivity index (χ4n) is 1.57. The first-order valence-electron chi connectivity index (χ1n) is 5.60. The fourth-order valence-corrected chi connectivity index (χ4v) is 4.16. The fraction of sp³-hybridized carbons (Fsp3) is 0.0833. The number of hydrogen-bond acceptors (Lipinski definition) is 4. The van der Waals surface area contributed by atoms with Crippen molar-refractivity contribution in [2.45, 2.75) is 5.75 Å². The number of halogens is 2. The molecule has 9 heteroatoms. The summed E-state index contributed by atoms with van der Waals surface area (Å²) in [5.41, 5.74) is 1.15. The lowest BCUT2D eigenvalue weighted by Crippen LogP contribution is -2.14. The van der Waals surface area contributed by atoms with Crippen molar-refractivity contribution in [3.63, 3.8) is 0 Å². The molecule has 0 bridgehead atoms. The zero-order chi connectivity index (χ0) is 15.6. The quantitative estimate of drug-likeness (QED) is 0.743. The van der Waals surface area contributed by atoms with Gasteiger partial charge in [0.25, 0.3) is 5.91 Å². The molecule has 0 aliphatic heterocycles. The van der Waals surface area contributed by atoms with Gasteiger partial charge < -0.3 is 5.32 Å². The van der Waals surface area contributed by atoms with Crippen LogP contribution in [0.25, 0.3) is 0 Å². The van der Waals surface area contributed by atoms with E-state index < -0.39 is 10.0 Å². The van der Waals surface area contributed by atoms with E-state index in [0.717, 1.165) is 8.26 Å². The van der Waals surface area contributed by atoms with Gasteiger partial charge in [-0.05, 0) is 55.6 Å². The molecule has 2 aromatic rings. The molecule has 21 heavy (non-hydrogen) atoms. The van der Waals surface area contributed by atoms with Crippen LogP contribution in [-0.4, -0.2) is 14.3 Å². The van der Waals surface area contributed by atoms with Gasteiger partial charge in [-0.3, -0.25) is 4.79 Å². The second-order valence-corrected chi connectivity index (χ2v) is 9.03. The van der Waals surface area contributed by atoms with E-state index in [1.54, 1.807) is 30.3 Å². The number of amides is 1.